The fourth-order valence-electron chi connectivity index (χ4n) is 8.60. The molecule has 0 fully saturated rings. The lowest BCUT2D eigenvalue weighted by Crippen LogP contribution is -2.38. The van der Waals surface area contributed by atoms with Crippen molar-refractivity contribution in [3.63, 3.8) is 0 Å². The summed E-state index contributed by atoms with van der Waals surface area (Å²) in [5, 5.41) is 29.0. The number of hydrogen-bond donors (Lipinski definition) is 11. The van der Waals surface area contributed by atoms with Crippen molar-refractivity contribution in [3.8, 4) is 0 Å². The number of hydrogen-bond acceptors (Lipinski definition) is 14. The maximum Gasteiger partial charge on any atom is 0.469 e. The first-order valence-corrected chi connectivity index (χ1v) is 37.5. The molecule has 0 rings (SSSR count). The van der Waals surface area contributed by atoms with Crippen LogP contribution in [0, 0.1) is 0 Å². The zero-order chi connectivity index (χ0) is 61.7. The Hall–Kier alpha value is -0.140. The van der Waals surface area contributed by atoms with E-state index in [9.17, 15) is 33.8 Å². The van der Waals surface area contributed by atoms with Crippen LogP contribution in [0.4, 0.5) is 0 Å². The highest BCUT2D eigenvalue weighted by Gasteiger charge is 2.22. The van der Waals surface area contributed by atoms with Crippen LogP contribution in [-0.2, 0) is 48.6 Å². The van der Waals surface area contributed by atoms with Gasteiger partial charge in [-0.1, -0.05) is 282 Å². The molecule has 19 nitrogen and oxygen atoms in total. The number of rotatable bonds is 56. The van der Waals surface area contributed by atoms with Crippen molar-refractivity contribution < 1.29 is 81.5 Å². The molecule has 0 bridgehead atoms. The fraction of sp³-hybridized carbons (Fsp3) is 0.947. The molecule has 5 atom stereocenters. The molecular weight excluding hydrogens is 1140 g/mol. The van der Waals surface area contributed by atoms with Gasteiger partial charge in [0.25, 0.3) is 0 Å². The number of carbonyl (C=O) groups excluding carboxylic acids is 1. The first-order chi connectivity index (χ1) is 38.6. The van der Waals surface area contributed by atoms with Gasteiger partial charge < -0.3 is 60.9 Å². The summed E-state index contributed by atoms with van der Waals surface area (Å²) in [6.45, 7) is 5.13. The summed E-state index contributed by atoms with van der Waals surface area (Å²) in [5.41, 5.74) is 11.3. The van der Waals surface area contributed by atoms with Crippen LogP contribution in [0.2, 0.25) is 0 Å². The number of aliphatic hydroxyl groups is 3. The van der Waals surface area contributed by atoms with Gasteiger partial charge >= 0.3 is 29.4 Å². The number of phosphoric ester groups is 3. The predicted molar refractivity (Wildman–Crippen MR) is 335 cm³/mol. The van der Waals surface area contributed by atoms with Crippen LogP contribution in [0.25, 0.3) is 0 Å². The summed E-state index contributed by atoms with van der Waals surface area (Å²) in [6.07, 6.45) is 51.9. The normalized spacial score (nSPS) is 13.8. The van der Waals surface area contributed by atoms with Crippen molar-refractivity contribution in [3.05, 3.63) is 12.2 Å². The Labute approximate surface area is 499 Å². The Bertz CT molecular complexity index is 1500. The molecule has 0 saturated heterocycles. The number of esters is 1. The summed E-state index contributed by atoms with van der Waals surface area (Å²) in [5.74, 6) is -0.407. The molecule has 0 aromatic carbocycles. The zero-order valence-corrected chi connectivity index (χ0v) is 55.3. The number of aliphatic hydroxyl groups excluding tert-OH is 3. The van der Waals surface area contributed by atoms with E-state index < -0.39 is 66.4 Å². The lowest BCUT2D eigenvalue weighted by molar-refractivity contribution is -0.147. The first kappa shape index (κ1) is 87.3. The van der Waals surface area contributed by atoms with Crippen LogP contribution < -0.4 is 11.5 Å². The van der Waals surface area contributed by atoms with Crippen molar-refractivity contribution in [2.75, 3.05) is 26.4 Å². The molecule has 0 unspecified atom stereocenters. The summed E-state index contributed by atoms with van der Waals surface area (Å²) in [7, 11) is -11.1. The minimum atomic E-state index is -4.61. The van der Waals surface area contributed by atoms with Gasteiger partial charge in [-0.3, -0.25) is 18.4 Å². The average Bonchev–Trinajstić information content (AvgIpc) is 3.42. The van der Waals surface area contributed by atoms with Crippen molar-refractivity contribution in [1.82, 2.24) is 0 Å². The van der Waals surface area contributed by atoms with E-state index in [0.717, 1.165) is 51.4 Å². The van der Waals surface area contributed by atoms with Crippen LogP contribution in [0.15, 0.2) is 12.2 Å². The van der Waals surface area contributed by atoms with E-state index in [2.05, 4.69) is 54.2 Å². The van der Waals surface area contributed by atoms with Gasteiger partial charge in [0.2, 0.25) is 0 Å². The van der Waals surface area contributed by atoms with Gasteiger partial charge in [-0.05, 0) is 33.7 Å². The Morgan fingerprint density at radius 2 is 0.716 bits per heavy atom. The van der Waals surface area contributed by atoms with Gasteiger partial charge in [0, 0.05) is 6.42 Å². The highest BCUT2D eigenvalue weighted by molar-refractivity contribution is 7.88. The molecule has 0 aliphatic rings. The van der Waals surface area contributed by atoms with Crippen molar-refractivity contribution in [2.24, 2.45) is 11.5 Å². The van der Waals surface area contributed by atoms with Crippen molar-refractivity contribution in [2.45, 2.75) is 321 Å². The second kappa shape index (κ2) is 64.3. The molecule has 0 aromatic rings. The summed E-state index contributed by atoms with van der Waals surface area (Å²) >= 11 is 3.89. The highest BCUT2D eigenvalue weighted by Crippen LogP contribution is 2.37. The monoisotopic (exact) mass is 1260 g/mol. The number of allylic oxidation sites excluding steroid dienone is 1. The van der Waals surface area contributed by atoms with Gasteiger partial charge in [-0.15, -0.1) is 0 Å². The number of carbonyl (C=O) groups is 1. The van der Waals surface area contributed by atoms with Gasteiger partial charge in [0.15, 0.2) is 0 Å². The molecule has 0 aromatic heterocycles. The van der Waals surface area contributed by atoms with E-state index in [0.29, 0.717) is 12.8 Å². The SMILES string of the molecule is CCCCCCCCCCCCC/C=C\[C@@H](O)[C@@H](N)COP(=O)(O)O.CCCCCCCCCCCCCCCCCC(=O)OC[C@@H](O)COP(=O)(O)O.CCCCCCCCCCCCCCC[C@@H](O)[C@@H](N)COP(=O)(O)O.P=S. The van der Waals surface area contributed by atoms with E-state index in [4.69, 9.17) is 45.6 Å². The van der Waals surface area contributed by atoms with E-state index in [1.54, 1.807) is 6.08 Å². The maximum absolute atomic E-state index is 11.6. The molecule has 0 amide bonds. The number of nitrogens with two attached hydrogens (primary N) is 2. The molecule has 81 heavy (non-hydrogen) atoms. The first-order valence-electron chi connectivity index (χ1n) is 31.3. The number of unbranched alkanes of at least 4 members (excludes halogenated alkanes) is 37. The molecular formula is C57H122N2O17P4S. The Morgan fingerprint density at radius 3 is 1.05 bits per heavy atom. The Kier molecular flexibility index (Phi) is 69.3. The van der Waals surface area contributed by atoms with Crippen LogP contribution in [-0.4, -0.2) is 107 Å². The minimum absolute atomic E-state index is 0.296. The zero-order valence-electron chi connectivity index (χ0n) is 50.8. The van der Waals surface area contributed by atoms with E-state index in [1.165, 1.54) is 205 Å². The van der Waals surface area contributed by atoms with Gasteiger partial charge in [-0.25, -0.2) is 13.7 Å². The third-order valence-corrected chi connectivity index (χ3v) is 15.0. The summed E-state index contributed by atoms with van der Waals surface area (Å²) in [6, 6.07) is -1.61. The second-order valence-corrected chi connectivity index (χ2v) is 25.3. The Morgan fingerprint density at radius 1 is 0.432 bits per heavy atom. The summed E-state index contributed by atoms with van der Waals surface area (Å²) in [4.78, 5) is 62.9. The molecule has 0 heterocycles. The molecule has 0 aliphatic carbocycles. The van der Waals surface area contributed by atoms with E-state index in [1.807, 2.05) is 6.08 Å². The molecule has 13 N–H and O–H groups in total. The maximum atomic E-state index is 11.6. The quantitative estimate of drug-likeness (QED) is 0.0117. The van der Waals surface area contributed by atoms with Crippen LogP contribution in [0.5, 0.6) is 0 Å². The molecule has 0 aliphatic heterocycles. The topological polar surface area (TPSA) is 339 Å². The lowest BCUT2D eigenvalue weighted by Gasteiger charge is -2.18. The molecule has 0 spiro atoms. The third-order valence-electron chi connectivity index (χ3n) is 13.6. The van der Waals surface area contributed by atoms with Crippen molar-refractivity contribution >= 4 is 49.3 Å². The number of phosphoric acid groups is 3. The standard InChI is InChI=1S/C21H43O7P.C18H40NO5P.C18H38NO5P.HPS/c1-2-3-4-5-6-7-8-9-10-11-12-13-14-15-16-17-21(23)27-18-20(22)19-28-29(24,25)26;2*1-2-3-4-5-6-7-8-9-10-11-12-13-14-15-18(20)17(19)16-24-25(21,22)23;1-2/h20,22H,2-19H2,1H3,(H2,24,25,26);17-18,20H,2-16,19H2,1H3,(H2,21,22,23);14-15,17-18,20H,2-13,16,19H2,1H3,(H2,21,22,23);1H/b;;15-14-;/t20-;2*17-,18+;/m100./s1. The second-order valence-electron chi connectivity index (χ2n) is 21.6. The van der Waals surface area contributed by atoms with Crippen LogP contribution in [0.3, 0.4) is 0 Å². The van der Waals surface area contributed by atoms with Gasteiger partial charge in [0.05, 0.1) is 44.1 Å². The van der Waals surface area contributed by atoms with Crippen molar-refractivity contribution in [1.29, 1.82) is 0 Å². The largest absolute Gasteiger partial charge is 0.469 e. The van der Waals surface area contributed by atoms with E-state index >= 15 is 0 Å². The molecule has 24 heteroatoms. The summed E-state index contributed by atoms with van der Waals surface area (Å²) < 4.78 is 49.2. The highest BCUT2D eigenvalue weighted by atomic mass is 32.4. The average molecular weight is 1260 g/mol. The third kappa shape index (κ3) is 79.9. The van der Waals surface area contributed by atoms with Gasteiger partial charge in [0.1, 0.15) is 12.7 Å². The van der Waals surface area contributed by atoms with Crippen LogP contribution >= 0.6 is 31.5 Å². The van der Waals surface area contributed by atoms with Crippen LogP contribution in [0.1, 0.15) is 290 Å². The minimum Gasteiger partial charge on any atom is -0.463 e. The van der Waals surface area contributed by atoms with E-state index in [-0.39, 0.29) is 19.8 Å². The molecule has 488 valence electrons. The smallest absolute Gasteiger partial charge is 0.463 e. The fourth-order valence-corrected chi connectivity index (χ4v) is 9.70. The van der Waals surface area contributed by atoms with Gasteiger partial charge in [-0.2, -0.15) is 0 Å². The molecule has 0 saturated carbocycles. The lowest BCUT2D eigenvalue weighted by atomic mass is 10.0. The number of ether oxygens (including phenoxy) is 1. The molecule has 0 radical (unpaired) electrons. The predicted octanol–water partition coefficient (Wildman–Crippen LogP) is 14.2. The Balaban J connectivity index is -0.000000542.